The molecule has 3 aromatic rings. The predicted octanol–water partition coefficient (Wildman–Crippen LogP) is 2.91. The Balaban J connectivity index is 1.49. The van der Waals surface area contributed by atoms with Crippen molar-refractivity contribution in [1.29, 1.82) is 0 Å². The van der Waals surface area contributed by atoms with Crippen LogP contribution in [-0.4, -0.2) is 32.4 Å². The largest absolute Gasteiger partial charge is 0.372 e. The molecule has 4 rings (SSSR count). The van der Waals surface area contributed by atoms with Crippen LogP contribution in [0.3, 0.4) is 0 Å². The number of anilines is 2. The first-order chi connectivity index (χ1) is 11.7. The van der Waals surface area contributed by atoms with Gasteiger partial charge in [0.25, 0.3) is 4.96 Å². The van der Waals surface area contributed by atoms with E-state index in [2.05, 4.69) is 20.2 Å². The number of nitrogens with zero attached hydrogens (tertiary/aromatic N) is 5. The molecule has 0 saturated carbocycles. The maximum atomic E-state index is 11.3. The van der Waals surface area contributed by atoms with Crippen LogP contribution in [0, 0.1) is 10.1 Å². The average molecular weight is 344 g/mol. The summed E-state index contributed by atoms with van der Waals surface area (Å²) in [5.41, 5.74) is 0.962. The molecule has 24 heavy (non-hydrogen) atoms. The van der Waals surface area contributed by atoms with E-state index in [0.29, 0.717) is 11.5 Å². The first kappa shape index (κ1) is 14.9. The van der Waals surface area contributed by atoms with Gasteiger partial charge < -0.3 is 20.3 Å². The van der Waals surface area contributed by atoms with Gasteiger partial charge in [-0.1, -0.05) is 17.4 Å². The summed E-state index contributed by atoms with van der Waals surface area (Å²) in [6.07, 6.45) is 5.89. The molecule has 1 aliphatic heterocycles. The number of nitrogens with one attached hydrogen (secondary N) is 1. The van der Waals surface area contributed by atoms with Crippen LogP contribution in [0.1, 0.15) is 18.4 Å². The quantitative estimate of drug-likeness (QED) is 0.565. The van der Waals surface area contributed by atoms with Crippen molar-refractivity contribution in [3.63, 3.8) is 0 Å². The molecule has 0 radical (unpaired) electrons. The lowest BCUT2D eigenvalue weighted by Crippen LogP contribution is -2.18. The van der Waals surface area contributed by atoms with Crippen LogP contribution in [0.25, 0.3) is 4.96 Å². The van der Waals surface area contributed by atoms with Crippen LogP contribution in [0.5, 0.6) is 0 Å². The highest BCUT2D eigenvalue weighted by molar-refractivity contribution is 7.15. The maximum Gasteiger partial charge on any atom is 0.372 e. The van der Waals surface area contributed by atoms with Crippen LogP contribution in [0.15, 0.2) is 29.9 Å². The van der Waals surface area contributed by atoms with Crippen molar-refractivity contribution in [3.05, 3.63) is 45.6 Å². The zero-order valence-corrected chi connectivity index (χ0v) is 13.7. The third-order valence-electron chi connectivity index (χ3n) is 4.11. The fourth-order valence-corrected chi connectivity index (χ4v) is 3.62. The molecule has 0 aliphatic carbocycles. The molecule has 4 heterocycles. The Labute approximate surface area is 141 Å². The van der Waals surface area contributed by atoms with Gasteiger partial charge in [0.05, 0.1) is 0 Å². The number of rotatable bonds is 5. The number of hydrogen-bond acceptors (Lipinski definition) is 7. The Bertz CT molecular complexity index is 866. The molecule has 0 aromatic carbocycles. The highest BCUT2D eigenvalue weighted by atomic mass is 32.1. The summed E-state index contributed by atoms with van der Waals surface area (Å²) in [6, 6.07) is 4.00. The highest BCUT2D eigenvalue weighted by Gasteiger charge is 2.23. The van der Waals surface area contributed by atoms with E-state index >= 15 is 0 Å². The van der Waals surface area contributed by atoms with Gasteiger partial charge in [-0.05, 0) is 29.4 Å². The second-order valence-corrected chi connectivity index (χ2v) is 6.54. The van der Waals surface area contributed by atoms with E-state index in [9.17, 15) is 10.1 Å². The molecular formula is C15H16N6O2S. The first-order valence-electron chi connectivity index (χ1n) is 7.76. The van der Waals surface area contributed by atoms with Gasteiger partial charge in [-0.15, -0.1) is 0 Å². The van der Waals surface area contributed by atoms with Gasteiger partial charge in [-0.3, -0.25) is 0 Å². The molecular weight excluding hydrogens is 328 g/mol. The zero-order valence-electron chi connectivity index (χ0n) is 12.9. The number of imidazole rings is 1. The summed E-state index contributed by atoms with van der Waals surface area (Å²) in [7, 11) is 0. The molecule has 0 amide bonds. The van der Waals surface area contributed by atoms with Crippen molar-refractivity contribution in [1.82, 2.24) is 14.4 Å². The molecule has 9 heteroatoms. The highest BCUT2D eigenvalue weighted by Crippen LogP contribution is 2.28. The van der Waals surface area contributed by atoms with E-state index in [-0.39, 0.29) is 11.6 Å². The molecule has 0 spiro atoms. The summed E-state index contributed by atoms with van der Waals surface area (Å²) in [4.78, 5) is 22.5. The Morgan fingerprint density at radius 1 is 1.33 bits per heavy atom. The maximum absolute atomic E-state index is 11.3. The zero-order chi connectivity index (χ0) is 16.5. The predicted molar refractivity (Wildman–Crippen MR) is 92.7 cm³/mol. The summed E-state index contributed by atoms with van der Waals surface area (Å²) >= 11 is 1.37. The molecule has 0 unspecified atom stereocenters. The van der Waals surface area contributed by atoms with E-state index in [1.807, 2.05) is 18.3 Å². The van der Waals surface area contributed by atoms with Crippen molar-refractivity contribution in [2.75, 3.05) is 23.3 Å². The monoisotopic (exact) mass is 344 g/mol. The Hall–Kier alpha value is -2.68. The van der Waals surface area contributed by atoms with Crippen LogP contribution in [0.2, 0.25) is 0 Å². The molecule has 0 atom stereocenters. The second kappa shape index (κ2) is 6.08. The lowest BCUT2D eigenvalue weighted by Gasteiger charge is -2.16. The fraction of sp³-hybridized carbons (Fsp3) is 0.333. The first-order valence-corrected chi connectivity index (χ1v) is 8.64. The minimum absolute atomic E-state index is 0.0344. The standard InChI is InChI=1S/C15H16N6O2S/c22-21(23)14-13(18-15-20(14)7-8-24-15)17-10-11-3-4-12(16-9-11)19-5-1-2-6-19/h3-4,7-9,17H,1-2,5-6,10H2. The van der Waals surface area contributed by atoms with Gasteiger partial charge in [0.2, 0.25) is 5.82 Å². The van der Waals surface area contributed by atoms with Crippen molar-refractivity contribution >= 4 is 33.8 Å². The second-order valence-electron chi connectivity index (χ2n) is 5.67. The van der Waals surface area contributed by atoms with Crippen LogP contribution >= 0.6 is 11.3 Å². The Kier molecular flexibility index (Phi) is 3.77. The minimum atomic E-state index is -0.413. The van der Waals surface area contributed by atoms with E-state index in [1.165, 1.54) is 28.6 Å². The van der Waals surface area contributed by atoms with Crippen molar-refractivity contribution in [2.24, 2.45) is 0 Å². The molecule has 1 saturated heterocycles. The third-order valence-corrected chi connectivity index (χ3v) is 4.87. The number of aromatic nitrogens is 3. The van der Waals surface area contributed by atoms with Gasteiger partial charge >= 0.3 is 5.82 Å². The lowest BCUT2D eigenvalue weighted by atomic mass is 10.2. The summed E-state index contributed by atoms with van der Waals surface area (Å²) in [6.45, 7) is 2.56. The summed E-state index contributed by atoms with van der Waals surface area (Å²) in [5.74, 6) is 1.24. The topological polar surface area (TPSA) is 88.6 Å². The van der Waals surface area contributed by atoms with E-state index < -0.39 is 4.92 Å². The van der Waals surface area contributed by atoms with Crippen molar-refractivity contribution < 1.29 is 4.92 Å². The Morgan fingerprint density at radius 3 is 2.88 bits per heavy atom. The van der Waals surface area contributed by atoms with E-state index in [1.54, 1.807) is 11.6 Å². The number of nitro groups is 1. The Morgan fingerprint density at radius 2 is 2.17 bits per heavy atom. The SMILES string of the molecule is O=[N+]([O-])c1c(NCc2ccc(N3CCCC3)nc2)nc2sccn12. The molecule has 0 bridgehead atoms. The molecule has 3 aromatic heterocycles. The van der Waals surface area contributed by atoms with Crippen LogP contribution < -0.4 is 10.2 Å². The number of hydrogen-bond donors (Lipinski definition) is 1. The fourth-order valence-electron chi connectivity index (χ4n) is 2.91. The molecule has 8 nitrogen and oxygen atoms in total. The average Bonchev–Trinajstić information content (AvgIpc) is 3.29. The van der Waals surface area contributed by atoms with E-state index in [4.69, 9.17) is 0 Å². The van der Waals surface area contributed by atoms with Gasteiger partial charge in [0.15, 0.2) is 0 Å². The molecule has 1 aliphatic rings. The third kappa shape index (κ3) is 2.67. The molecule has 124 valence electrons. The smallest absolute Gasteiger partial charge is 0.359 e. The normalized spacial score (nSPS) is 14.4. The molecule has 1 fully saturated rings. The molecule has 1 N–H and O–H groups in total. The van der Waals surface area contributed by atoms with Gasteiger partial charge in [-0.2, -0.15) is 9.38 Å². The minimum Gasteiger partial charge on any atom is -0.359 e. The lowest BCUT2D eigenvalue weighted by molar-refractivity contribution is -0.389. The summed E-state index contributed by atoms with van der Waals surface area (Å²) in [5, 5.41) is 16.1. The van der Waals surface area contributed by atoms with E-state index in [0.717, 1.165) is 24.5 Å². The van der Waals surface area contributed by atoms with Crippen molar-refractivity contribution in [2.45, 2.75) is 19.4 Å². The van der Waals surface area contributed by atoms with Crippen LogP contribution in [0.4, 0.5) is 17.5 Å². The van der Waals surface area contributed by atoms with Gasteiger partial charge in [0, 0.05) is 31.2 Å². The van der Waals surface area contributed by atoms with Crippen molar-refractivity contribution in [3.8, 4) is 0 Å². The number of fused-ring (bicyclic) bond motifs is 1. The number of thiazole rings is 1. The number of pyridine rings is 1. The summed E-state index contributed by atoms with van der Waals surface area (Å²) < 4.78 is 1.49. The van der Waals surface area contributed by atoms with Gasteiger partial charge in [-0.25, -0.2) is 4.98 Å². The van der Waals surface area contributed by atoms with Gasteiger partial charge in [0.1, 0.15) is 12.0 Å². The van der Waals surface area contributed by atoms with Crippen LogP contribution in [-0.2, 0) is 6.54 Å².